The van der Waals surface area contributed by atoms with Crippen LogP contribution in [0.4, 0.5) is 0 Å². The number of hydrazone groups is 1. The molecule has 1 N–H and O–H groups in total. The van der Waals surface area contributed by atoms with E-state index in [1.165, 1.54) is 0 Å². The molecule has 0 unspecified atom stereocenters. The van der Waals surface area contributed by atoms with Crippen molar-refractivity contribution in [3.8, 4) is 0 Å². The van der Waals surface area contributed by atoms with Crippen molar-refractivity contribution in [1.82, 2.24) is 10.4 Å². The van der Waals surface area contributed by atoms with Gasteiger partial charge in [0.15, 0.2) is 0 Å². The van der Waals surface area contributed by atoms with E-state index >= 15 is 0 Å². The molecule has 0 aliphatic heterocycles. The summed E-state index contributed by atoms with van der Waals surface area (Å²) in [6.45, 7) is 0. The van der Waals surface area contributed by atoms with Gasteiger partial charge >= 0.3 is 0 Å². The Labute approximate surface area is 92.7 Å². The zero-order valence-corrected chi connectivity index (χ0v) is 8.42. The molecule has 0 fully saturated rings. The normalized spacial score (nSPS) is 13.1. The van der Waals surface area contributed by atoms with Crippen LogP contribution in [0.1, 0.15) is 10.4 Å². The molecule has 0 atom stereocenters. The molecule has 4 heteroatoms. The van der Waals surface area contributed by atoms with Gasteiger partial charge in [0.2, 0.25) is 0 Å². The van der Waals surface area contributed by atoms with Crippen LogP contribution in [0.3, 0.4) is 0 Å². The highest BCUT2D eigenvalue weighted by Crippen LogP contribution is 1.98. The second-order valence-corrected chi connectivity index (χ2v) is 3.06. The topological polar surface area (TPSA) is 54.4 Å². The Kier molecular flexibility index (Phi) is 3.07. The van der Waals surface area contributed by atoms with Crippen LogP contribution < -0.4 is 5.43 Å². The fourth-order valence-corrected chi connectivity index (χ4v) is 1.15. The summed E-state index contributed by atoms with van der Waals surface area (Å²) >= 11 is 0. The predicted molar refractivity (Wildman–Crippen MR) is 60.9 cm³/mol. The summed E-state index contributed by atoms with van der Waals surface area (Å²) < 4.78 is 0. The van der Waals surface area contributed by atoms with Gasteiger partial charge in [0.05, 0.1) is 6.21 Å². The van der Waals surface area contributed by atoms with E-state index in [4.69, 9.17) is 0 Å². The third-order valence-corrected chi connectivity index (χ3v) is 1.93. The van der Waals surface area contributed by atoms with Crippen LogP contribution in [0.15, 0.2) is 59.2 Å². The second-order valence-electron chi connectivity index (χ2n) is 3.06. The number of allylic oxidation sites excluding steroid dienone is 3. The quantitative estimate of drug-likeness (QED) is 0.467. The number of rotatable bonds is 3. The third kappa shape index (κ3) is 2.53. The Balaban J connectivity index is 1.94. The lowest BCUT2D eigenvalue weighted by atomic mass is 10.3. The molecule has 1 aliphatic carbocycles. The summed E-state index contributed by atoms with van der Waals surface area (Å²) in [5.74, 6) is -0.259. The lowest BCUT2D eigenvalue weighted by Crippen LogP contribution is -2.17. The standard InChI is InChI=1S/C12H9N3O/c16-12(11-5-7-13-8-6-11)15-14-9-10-3-1-2-4-10/h1-3,5-9H,(H,15,16)/b14-9+. The van der Waals surface area contributed by atoms with Crippen molar-refractivity contribution in [2.24, 2.45) is 5.10 Å². The van der Waals surface area contributed by atoms with E-state index in [1.54, 1.807) is 36.8 Å². The molecule has 0 spiro atoms. The number of aromatic nitrogens is 1. The molecule has 1 amide bonds. The van der Waals surface area contributed by atoms with E-state index in [0.29, 0.717) is 5.56 Å². The van der Waals surface area contributed by atoms with Crippen LogP contribution in [0, 0.1) is 0 Å². The molecular weight excluding hydrogens is 202 g/mol. The van der Waals surface area contributed by atoms with Crippen molar-refractivity contribution in [2.75, 3.05) is 0 Å². The molecule has 2 rings (SSSR count). The number of carbonyl (C=O) groups excluding carboxylic acids is 1. The number of hydrogen-bond donors (Lipinski definition) is 1. The zero-order valence-electron chi connectivity index (χ0n) is 8.42. The van der Waals surface area contributed by atoms with E-state index in [-0.39, 0.29) is 5.91 Å². The van der Waals surface area contributed by atoms with Crippen LogP contribution in [0.5, 0.6) is 0 Å². The molecule has 1 heterocycles. The molecule has 1 aliphatic rings. The van der Waals surface area contributed by atoms with Crippen molar-refractivity contribution in [3.63, 3.8) is 0 Å². The Morgan fingerprint density at radius 3 is 2.94 bits per heavy atom. The van der Waals surface area contributed by atoms with Gasteiger partial charge in [0.1, 0.15) is 0 Å². The maximum absolute atomic E-state index is 11.5. The summed E-state index contributed by atoms with van der Waals surface area (Å²) in [4.78, 5) is 15.3. The van der Waals surface area contributed by atoms with E-state index in [1.807, 2.05) is 12.2 Å². The smallest absolute Gasteiger partial charge is 0.267 e. The minimum atomic E-state index is -0.259. The first-order chi connectivity index (χ1) is 7.86. The molecule has 0 aromatic carbocycles. The maximum Gasteiger partial charge on any atom is 0.271 e. The number of amides is 1. The van der Waals surface area contributed by atoms with E-state index in [2.05, 4.69) is 21.2 Å². The van der Waals surface area contributed by atoms with Crippen LogP contribution >= 0.6 is 0 Å². The Hall–Kier alpha value is -2.45. The highest BCUT2D eigenvalue weighted by atomic mass is 16.2. The monoisotopic (exact) mass is 211 g/mol. The van der Waals surface area contributed by atoms with Gasteiger partial charge < -0.3 is 0 Å². The molecule has 78 valence electrons. The highest BCUT2D eigenvalue weighted by Gasteiger charge is 2.01. The molecule has 0 saturated carbocycles. The van der Waals surface area contributed by atoms with E-state index < -0.39 is 0 Å². The highest BCUT2D eigenvalue weighted by molar-refractivity contribution is 5.94. The van der Waals surface area contributed by atoms with E-state index in [9.17, 15) is 4.79 Å². The summed E-state index contributed by atoms with van der Waals surface area (Å²) in [6, 6.07) is 3.25. The van der Waals surface area contributed by atoms with E-state index in [0.717, 1.165) is 5.57 Å². The van der Waals surface area contributed by atoms with Gasteiger partial charge in [-0.3, -0.25) is 9.78 Å². The summed E-state index contributed by atoms with van der Waals surface area (Å²) in [7, 11) is 0. The van der Waals surface area contributed by atoms with Gasteiger partial charge in [0.25, 0.3) is 5.91 Å². The summed E-state index contributed by atoms with van der Waals surface area (Å²) in [5.41, 5.74) is 6.72. The molecule has 0 saturated heterocycles. The zero-order chi connectivity index (χ0) is 11.2. The van der Waals surface area contributed by atoms with Gasteiger partial charge in [-0.15, -0.1) is 5.73 Å². The Morgan fingerprint density at radius 2 is 2.25 bits per heavy atom. The lowest BCUT2D eigenvalue weighted by Gasteiger charge is -1.97. The minimum absolute atomic E-state index is 0.259. The first kappa shape index (κ1) is 10.1. The minimum Gasteiger partial charge on any atom is -0.267 e. The number of carbonyl (C=O) groups is 1. The molecule has 4 nitrogen and oxygen atoms in total. The van der Waals surface area contributed by atoms with Gasteiger partial charge in [0, 0.05) is 23.5 Å². The van der Waals surface area contributed by atoms with Gasteiger partial charge in [-0.05, 0) is 24.3 Å². The predicted octanol–water partition coefficient (Wildman–Crippen LogP) is 1.45. The summed E-state index contributed by atoms with van der Waals surface area (Å²) in [5, 5.41) is 3.81. The van der Waals surface area contributed by atoms with Crippen molar-refractivity contribution < 1.29 is 4.79 Å². The molecule has 1 aromatic heterocycles. The van der Waals surface area contributed by atoms with Gasteiger partial charge in [-0.25, -0.2) is 5.43 Å². The molecule has 16 heavy (non-hydrogen) atoms. The van der Waals surface area contributed by atoms with Crippen molar-refractivity contribution >= 4 is 12.1 Å². The SMILES string of the molecule is O=C(N/N=C/C1=C=CC=C1)c1ccncc1. The first-order valence-electron chi connectivity index (χ1n) is 4.73. The van der Waals surface area contributed by atoms with Crippen LogP contribution in [-0.4, -0.2) is 17.1 Å². The Bertz CT molecular complexity index is 508. The molecule has 0 bridgehead atoms. The van der Waals surface area contributed by atoms with Crippen molar-refractivity contribution in [3.05, 3.63) is 59.6 Å². The Morgan fingerprint density at radius 1 is 1.44 bits per heavy atom. The number of nitrogens with zero attached hydrogens (tertiary/aromatic N) is 2. The summed E-state index contributed by atoms with van der Waals surface area (Å²) in [6.07, 6.45) is 10.1. The van der Waals surface area contributed by atoms with Gasteiger partial charge in [-0.1, -0.05) is 6.08 Å². The third-order valence-electron chi connectivity index (χ3n) is 1.93. The second kappa shape index (κ2) is 4.87. The largest absolute Gasteiger partial charge is 0.271 e. The fourth-order valence-electron chi connectivity index (χ4n) is 1.15. The number of nitrogens with one attached hydrogen (secondary N) is 1. The van der Waals surface area contributed by atoms with Crippen LogP contribution in [0.25, 0.3) is 0 Å². The number of pyridine rings is 1. The average molecular weight is 211 g/mol. The maximum atomic E-state index is 11.5. The van der Waals surface area contributed by atoms with Crippen LogP contribution in [0.2, 0.25) is 0 Å². The van der Waals surface area contributed by atoms with Gasteiger partial charge in [-0.2, -0.15) is 5.10 Å². The average Bonchev–Trinajstić information content (AvgIpc) is 2.83. The van der Waals surface area contributed by atoms with Crippen molar-refractivity contribution in [2.45, 2.75) is 0 Å². The lowest BCUT2D eigenvalue weighted by molar-refractivity contribution is 0.0955. The fraction of sp³-hybridized carbons (Fsp3) is 0. The number of hydrogen-bond acceptors (Lipinski definition) is 3. The van der Waals surface area contributed by atoms with Crippen LogP contribution in [-0.2, 0) is 0 Å². The van der Waals surface area contributed by atoms with Crippen molar-refractivity contribution in [1.29, 1.82) is 0 Å². The molecule has 0 radical (unpaired) electrons. The molecule has 1 aromatic rings. The molecular formula is C12H9N3O. The first-order valence-corrected chi connectivity index (χ1v) is 4.73.